The Kier molecular flexibility index (Phi) is 8.20. The van der Waals surface area contributed by atoms with Crippen molar-refractivity contribution in [1.29, 1.82) is 0 Å². The zero-order chi connectivity index (χ0) is 28.1. The van der Waals surface area contributed by atoms with E-state index in [2.05, 4.69) is 20.1 Å². The molecule has 1 aliphatic heterocycles. The third kappa shape index (κ3) is 5.89. The Hall–Kier alpha value is -4.51. The van der Waals surface area contributed by atoms with Crippen molar-refractivity contribution in [3.63, 3.8) is 0 Å². The Morgan fingerprint density at radius 1 is 0.900 bits per heavy atom. The van der Waals surface area contributed by atoms with Crippen LogP contribution in [0.4, 0.5) is 5.95 Å². The van der Waals surface area contributed by atoms with Crippen LogP contribution in [0.2, 0.25) is 0 Å². The van der Waals surface area contributed by atoms with Gasteiger partial charge in [0, 0.05) is 38.3 Å². The molecule has 5 rings (SSSR count). The maximum Gasteiger partial charge on any atom is 0.342 e. The number of hydrogen-bond acceptors (Lipinski definition) is 10. The van der Waals surface area contributed by atoms with Gasteiger partial charge in [0.05, 0.1) is 49.8 Å². The molecule has 1 saturated heterocycles. The standard InChI is InChI=1S/C29H33N7O4/c1-5-40-28(37)26-20(2)30-29(31-27(26)21-6-10-24(38-3)11-7-21)35-16-14-34(15-17-35)18-22-19-36(33-32-22)23-8-12-25(39-4)13-9-23/h6-13,19H,5,14-18H2,1-4H3. The molecule has 11 heteroatoms. The van der Waals surface area contributed by atoms with E-state index in [0.29, 0.717) is 29.4 Å². The van der Waals surface area contributed by atoms with Gasteiger partial charge in [0.1, 0.15) is 17.1 Å². The first-order chi connectivity index (χ1) is 19.5. The highest BCUT2D eigenvalue weighted by Gasteiger charge is 2.25. The minimum atomic E-state index is -0.426. The van der Waals surface area contributed by atoms with E-state index in [4.69, 9.17) is 24.2 Å². The highest BCUT2D eigenvalue weighted by molar-refractivity contribution is 5.97. The lowest BCUT2D eigenvalue weighted by molar-refractivity contribution is 0.0525. The van der Waals surface area contributed by atoms with E-state index in [1.807, 2.05) is 61.7 Å². The van der Waals surface area contributed by atoms with Gasteiger partial charge >= 0.3 is 5.97 Å². The van der Waals surface area contributed by atoms with E-state index in [9.17, 15) is 4.79 Å². The lowest BCUT2D eigenvalue weighted by atomic mass is 10.0. The fourth-order valence-electron chi connectivity index (χ4n) is 4.67. The lowest BCUT2D eigenvalue weighted by Crippen LogP contribution is -2.46. The summed E-state index contributed by atoms with van der Waals surface area (Å²) < 4.78 is 17.6. The van der Waals surface area contributed by atoms with Gasteiger partial charge in [-0.2, -0.15) is 0 Å². The molecule has 1 fully saturated rings. The topological polar surface area (TPSA) is 108 Å². The number of esters is 1. The van der Waals surface area contributed by atoms with Crippen molar-refractivity contribution in [1.82, 2.24) is 29.9 Å². The van der Waals surface area contributed by atoms with Crippen LogP contribution in [0, 0.1) is 6.92 Å². The Balaban J connectivity index is 1.29. The number of hydrogen-bond donors (Lipinski definition) is 0. The Bertz CT molecular complexity index is 1450. The summed E-state index contributed by atoms with van der Waals surface area (Å²) in [5, 5.41) is 8.65. The Morgan fingerprint density at radius 3 is 2.17 bits per heavy atom. The van der Waals surface area contributed by atoms with E-state index in [1.165, 1.54) is 0 Å². The third-order valence-electron chi connectivity index (χ3n) is 6.84. The van der Waals surface area contributed by atoms with Crippen LogP contribution in [-0.4, -0.2) is 82.8 Å². The summed E-state index contributed by atoms with van der Waals surface area (Å²) in [5.74, 6) is 1.70. The number of ether oxygens (including phenoxy) is 3. The number of benzene rings is 2. The van der Waals surface area contributed by atoms with Crippen LogP contribution < -0.4 is 14.4 Å². The van der Waals surface area contributed by atoms with Gasteiger partial charge < -0.3 is 19.1 Å². The zero-order valence-corrected chi connectivity index (χ0v) is 23.2. The summed E-state index contributed by atoms with van der Waals surface area (Å²) in [4.78, 5) is 26.9. The molecule has 4 aromatic rings. The number of aromatic nitrogens is 5. The second-order valence-electron chi connectivity index (χ2n) is 9.40. The molecule has 0 amide bonds. The van der Waals surface area contributed by atoms with Crippen LogP contribution in [0.3, 0.4) is 0 Å². The summed E-state index contributed by atoms with van der Waals surface area (Å²) in [6, 6.07) is 15.2. The molecule has 0 atom stereocenters. The summed E-state index contributed by atoms with van der Waals surface area (Å²) in [6.07, 6.45) is 1.95. The largest absolute Gasteiger partial charge is 0.497 e. The smallest absolute Gasteiger partial charge is 0.342 e. The number of rotatable bonds is 9. The molecule has 1 aliphatic rings. The van der Waals surface area contributed by atoms with E-state index in [1.54, 1.807) is 25.8 Å². The van der Waals surface area contributed by atoms with Crippen molar-refractivity contribution in [3.05, 3.63) is 71.7 Å². The summed E-state index contributed by atoms with van der Waals surface area (Å²) in [7, 11) is 3.27. The van der Waals surface area contributed by atoms with Crippen molar-refractivity contribution in [2.75, 3.05) is 51.9 Å². The summed E-state index contributed by atoms with van der Waals surface area (Å²) in [6.45, 7) is 7.70. The second-order valence-corrected chi connectivity index (χ2v) is 9.40. The lowest BCUT2D eigenvalue weighted by Gasteiger charge is -2.34. The first-order valence-corrected chi connectivity index (χ1v) is 13.2. The molecule has 2 aromatic carbocycles. The molecule has 208 valence electrons. The molecule has 0 radical (unpaired) electrons. The predicted octanol–water partition coefficient (Wildman–Crippen LogP) is 3.55. The average Bonchev–Trinajstić information content (AvgIpc) is 3.45. The van der Waals surface area contributed by atoms with E-state index >= 15 is 0 Å². The monoisotopic (exact) mass is 543 g/mol. The first-order valence-electron chi connectivity index (χ1n) is 13.2. The number of anilines is 1. The number of carbonyl (C=O) groups is 1. The van der Waals surface area contributed by atoms with E-state index in [0.717, 1.165) is 54.6 Å². The van der Waals surface area contributed by atoms with Crippen LogP contribution in [0.15, 0.2) is 54.7 Å². The van der Waals surface area contributed by atoms with Gasteiger partial charge in [-0.25, -0.2) is 19.4 Å². The van der Waals surface area contributed by atoms with Crippen molar-refractivity contribution in [3.8, 4) is 28.4 Å². The molecule has 0 saturated carbocycles. The van der Waals surface area contributed by atoms with Gasteiger partial charge in [-0.3, -0.25) is 4.90 Å². The van der Waals surface area contributed by atoms with E-state index in [-0.39, 0.29) is 6.61 Å². The van der Waals surface area contributed by atoms with Gasteiger partial charge in [-0.05, 0) is 62.4 Å². The van der Waals surface area contributed by atoms with Gasteiger partial charge in [0.2, 0.25) is 5.95 Å². The first kappa shape index (κ1) is 27.1. The van der Waals surface area contributed by atoms with Crippen LogP contribution in [0.25, 0.3) is 16.9 Å². The fourth-order valence-corrected chi connectivity index (χ4v) is 4.67. The number of piperazine rings is 1. The van der Waals surface area contributed by atoms with E-state index < -0.39 is 5.97 Å². The number of carbonyl (C=O) groups excluding carboxylic acids is 1. The Labute approximate surface area is 233 Å². The molecule has 11 nitrogen and oxygen atoms in total. The minimum Gasteiger partial charge on any atom is -0.497 e. The van der Waals surface area contributed by atoms with Crippen molar-refractivity contribution in [2.24, 2.45) is 0 Å². The number of aryl methyl sites for hydroxylation is 1. The van der Waals surface area contributed by atoms with Gasteiger partial charge in [0.25, 0.3) is 0 Å². The van der Waals surface area contributed by atoms with Crippen LogP contribution in [-0.2, 0) is 11.3 Å². The molecule has 0 N–H and O–H groups in total. The predicted molar refractivity (Wildman–Crippen MR) is 150 cm³/mol. The molecule has 0 bridgehead atoms. The van der Waals surface area contributed by atoms with Crippen LogP contribution in [0.5, 0.6) is 11.5 Å². The molecule has 2 aromatic heterocycles. The normalized spacial score (nSPS) is 13.8. The molecule has 0 spiro atoms. The van der Waals surface area contributed by atoms with Gasteiger partial charge in [0.15, 0.2) is 0 Å². The van der Waals surface area contributed by atoms with Crippen LogP contribution >= 0.6 is 0 Å². The van der Waals surface area contributed by atoms with Crippen molar-refractivity contribution < 1.29 is 19.0 Å². The average molecular weight is 544 g/mol. The van der Waals surface area contributed by atoms with Crippen LogP contribution in [0.1, 0.15) is 28.7 Å². The van der Waals surface area contributed by atoms with Crippen molar-refractivity contribution >= 4 is 11.9 Å². The SMILES string of the molecule is CCOC(=O)c1c(C)nc(N2CCN(Cc3cn(-c4ccc(OC)cc4)nn3)CC2)nc1-c1ccc(OC)cc1. The highest BCUT2D eigenvalue weighted by Crippen LogP contribution is 2.29. The second kappa shape index (κ2) is 12.1. The molecule has 3 heterocycles. The minimum absolute atomic E-state index is 0.276. The maximum absolute atomic E-state index is 12.8. The van der Waals surface area contributed by atoms with Gasteiger partial charge in [-0.1, -0.05) is 5.21 Å². The van der Waals surface area contributed by atoms with Gasteiger partial charge in [-0.15, -0.1) is 5.10 Å². The zero-order valence-electron chi connectivity index (χ0n) is 23.2. The summed E-state index contributed by atoms with van der Waals surface area (Å²) in [5.41, 5.74) is 4.16. The fraction of sp³-hybridized carbons (Fsp3) is 0.345. The number of methoxy groups -OCH3 is 2. The highest BCUT2D eigenvalue weighted by atomic mass is 16.5. The maximum atomic E-state index is 12.8. The Morgan fingerprint density at radius 2 is 1.55 bits per heavy atom. The third-order valence-corrected chi connectivity index (χ3v) is 6.84. The molecule has 40 heavy (non-hydrogen) atoms. The number of nitrogens with zero attached hydrogens (tertiary/aromatic N) is 7. The summed E-state index contributed by atoms with van der Waals surface area (Å²) >= 11 is 0. The molecular formula is C29H33N7O4. The van der Waals surface area contributed by atoms with Crippen molar-refractivity contribution in [2.45, 2.75) is 20.4 Å². The molecule has 0 aliphatic carbocycles. The quantitative estimate of drug-likeness (QED) is 0.291. The molecular weight excluding hydrogens is 510 g/mol. The molecule has 0 unspecified atom stereocenters.